The van der Waals surface area contributed by atoms with E-state index < -0.39 is 0 Å². The molecule has 2 rings (SSSR count). The van der Waals surface area contributed by atoms with Crippen LogP contribution in [0.4, 0.5) is 0 Å². The van der Waals surface area contributed by atoms with E-state index in [1.54, 1.807) is 19.2 Å². The number of aromatic hydroxyl groups is 1. The first kappa shape index (κ1) is 14.7. The molecule has 5 nitrogen and oxygen atoms in total. The van der Waals surface area contributed by atoms with E-state index in [2.05, 4.69) is 0 Å². The summed E-state index contributed by atoms with van der Waals surface area (Å²) < 4.78 is 10.2. The van der Waals surface area contributed by atoms with Crippen LogP contribution in [-0.4, -0.2) is 49.8 Å². The fourth-order valence-electron chi connectivity index (χ4n) is 2.63. The molecule has 0 aliphatic carbocycles. The summed E-state index contributed by atoms with van der Waals surface area (Å²) in [7, 11) is 3.17. The Morgan fingerprint density at radius 2 is 2.25 bits per heavy atom. The molecule has 1 N–H and O–H groups in total. The van der Waals surface area contributed by atoms with Crippen LogP contribution in [-0.2, 0) is 4.74 Å². The van der Waals surface area contributed by atoms with Crippen molar-refractivity contribution < 1.29 is 19.4 Å². The van der Waals surface area contributed by atoms with E-state index >= 15 is 0 Å². The lowest BCUT2D eigenvalue weighted by Crippen LogP contribution is -2.41. The number of phenols is 1. The molecule has 1 amide bonds. The Morgan fingerprint density at radius 3 is 2.90 bits per heavy atom. The minimum absolute atomic E-state index is 0.0104. The van der Waals surface area contributed by atoms with Crippen LogP contribution in [0.5, 0.6) is 11.5 Å². The maximum absolute atomic E-state index is 12.4. The third-order valence-electron chi connectivity index (χ3n) is 3.63. The van der Waals surface area contributed by atoms with Gasteiger partial charge in [0.05, 0.1) is 13.7 Å². The van der Waals surface area contributed by atoms with Crippen molar-refractivity contribution in [1.29, 1.82) is 0 Å². The van der Waals surface area contributed by atoms with Crippen LogP contribution >= 0.6 is 0 Å². The van der Waals surface area contributed by atoms with Gasteiger partial charge in [0.25, 0.3) is 5.91 Å². The Balaban J connectivity index is 2.08. The van der Waals surface area contributed by atoms with Gasteiger partial charge in [-0.2, -0.15) is 0 Å². The van der Waals surface area contributed by atoms with Crippen molar-refractivity contribution in [1.82, 2.24) is 4.90 Å². The number of nitrogens with zero attached hydrogens (tertiary/aromatic N) is 1. The van der Waals surface area contributed by atoms with Crippen molar-refractivity contribution in [2.45, 2.75) is 12.8 Å². The number of carbonyl (C=O) groups excluding carboxylic acids is 1. The number of piperidine rings is 1. The molecule has 1 aliphatic heterocycles. The quantitative estimate of drug-likeness (QED) is 0.914. The van der Waals surface area contributed by atoms with Gasteiger partial charge in [-0.3, -0.25) is 4.79 Å². The van der Waals surface area contributed by atoms with Gasteiger partial charge in [0.2, 0.25) is 0 Å². The summed E-state index contributed by atoms with van der Waals surface area (Å²) in [4.78, 5) is 14.3. The molecule has 0 aromatic heterocycles. The van der Waals surface area contributed by atoms with Crippen LogP contribution in [0.15, 0.2) is 18.2 Å². The summed E-state index contributed by atoms with van der Waals surface area (Å²) in [6, 6.07) is 4.75. The van der Waals surface area contributed by atoms with Crippen molar-refractivity contribution >= 4 is 5.91 Å². The summed E-state index contributed by atoms with van der Waals surface area (Å²) in [6.07, 6.45) is 2.08. The fraction of sp³-hybridized carbons (Fsp3) is 0.533. The molecule has 1 atom stereocenters. The first-order valence-corrected chi connectivity index (χ1v) is 6.81. The zero-order chi connectivity index (χ0) is 14.5. The molecule has 110 valence electrons. The predicted molar refractivity (Wildman–Crippen MR) is 75.2 cm³/mol. The highest BCUT2D eigenvalue weighted by Gasteiger charge is 2.24. The van der Waals surface area contributed by atoms with Crippen LogP contribution in [0.3, 0.4) is 0 Å². The Morgan fingerprint density at radius 1 is 1.45 bits per heavy atom. The Kier molecular flexibility index (Phi) is 4.84. The van der Waals surface area contributed by atoms with E-state index in [1.165, 1.54) is 13.2 Å². The lowest BCUT2D eigenvalue weighted by atomic mass is 9.98. The number of hydrogen-bond donors (Lipinski definition) is 1. The average Bonchev–Trinajstić information content (AvgIpc) is 2.47. The third-order valence-corrected chi connectivity index (χ3v) is 3.63. The zero-order valence-corrected chi connectivity index (χ0v) is 12.0. The Hall–Kier alpha value is -1.75. The Labute approximate surface area is 119 Å². The van der Waals surface area contributed by atoms with E-state index in [9.17, 15) is 9.90 Å². The number of rotatable bonds is 4. The van der Waals surface area contributed by atoms with Crippen LogP contribution < -0.4 is 4.74 Å². The second kappa shape index (κ2) is 6.61. The fourth-order valence-corrected chi connectivity index (χ4v) is 2.63. The second-order valence-electron chi connectivity index (χ2n) is 5.10. The van der Waals surface area contributed by atoms with Gasteiger partial charge in [0.1, 0.15) is 0 Å². The van der Waals surface area contributed by atoms with Gasteiger partial charge in [-0.1, -0.05) is 0 Å². The monoisotopic (exact) mass is 279 g/mol. The van der Waals surface area contributed by atoms with Gasteiger partial charge in [0, 0.05) is 25.8 Å². The Bertz CT molecular complexity index is 473. The topological polar surface area (TPSA) is 59.0 Å². The number of likely N-dealkylation sites (tertiary alicyclic amines) is 1. The minimum Gasteiger partial charge on any atom is -0.504 e. The molecule has 1 fully saturated rings. The van der Waals surface area contributed by atoms with Crippen molar-refractivity contribution in [3.8, 4) is 11.5 Å². The summed E-state index contributed by atoms with van der Waals surface area (Å²) in [6.45, 7) is 2.14. The number of ether oxygens (including phenoxy) is 2. The minimum atomic E-state index is -0.0521. The second-order valence-corrected chi connectivity index (χ2v) is 5.10. The van der Waals surface area contributed by atoms with Crippen molar-refractivity contribution in [2.24, 2.45) is 5.92 Å². The molecule has 20 heavy (non-hydrogen) atoms. The highest BCUT2D eigenvalue weighted by Crippen LogP contribution is 2.27. The normalized spacial score (nSPS) is 18.9. The molecule has 0 bridgehead atoms. The number of phenolic OH excluding ortho intramolecular Hbond substituents is 1. The lowest BCUT2D eigenvalue weighted by Gasteiger charge is -2.32. The number of carbonyl (C=O) groups is 1. The molecule has 1 saturated heterocycles. The highest BCUT2D eigenvalue weighted by atomic mass is 16.5. The van der Waals surface area contributed by atoms with Crippen molar-refractivity contribution in [2.75, 3.05) is 33.9 Å². The summed E-state index contributed by atoms with van der Waals surface area (Å²) in [5, 5.41) is 9.76. The maximum Gasteiger partial charge on any atom is 0.254 e. The molecule has 1 aliphatic rings. The molecule has 0 saturated carbocycles. The smallest absolute Gasteiger partial charge is 0.254 e. The lowest BCUT2D eigenvalue weighted by molar-refractivity contribution is 0.0570. The number of methoxy groups -OCH3 is 2. The van der Waals surface area contributed by atoms with Crippen LogP contribution in [0.2, 0.25) is 0 Å². The standard InChI is InChI=1S/C15H21NO4/c1-19-10-11-4-3-7-16(9-11)15(18)12-5-6-14(20-2)13(17)8-12/h5-6,8,11,17H,3-4,7,9-10H2,1-2H3. The van der Waals surface area contributed by atoms with Gasteiger partial charge in [-0.25, -0.2) is 0 Å². The molecule has 1 unspecified atom stereocenters. The molecule has 0 spiro atoms. The van der Waals surface area contributed by atoms with E-state index in [1.807, 2.05) is 4.90 Å². The van der Waals surface area contributed by atoms with E-state index in [-0.39, 0.29) is 11.7 Å². The summed E-state index contributed by atoms with van der Waals surface area (Å²) in [5.74, 6) is 0.703. The summed E-state index contributed by atoms with van der Waals surface area (Å²) in [5.41, 5.74) is 0.487. The number of amides is 1. The average molecular weight is 279 g/mol. The molecule has 1 aromatic carbocycles. The zero-order valence-electron chi connectivity index (χ0n) is 12.0. The van der Waals surface area contributed by atoms with Crippen molar-refractivity contribution in [3.63, 3.8) is 0 Å². The largest absolute Gasteiger partial charge is 0.504 e. The molecular formula is C15H21NO4. The van der Waals surface area contributed by atoms with Gasteiger partial charge in [-0.05, 0) is 37.0 Å². The van der Waals surface area contributed by atoms with Crippen LogP contribution in [0.25, 0.3) is 0 Å². The first-order chi connectivity index (χ1) is 9.65. The molecule has 1 heterocycles. The van der Waals surface area contributed by atoms with Gasteiger partial charge < -0.3 is 19.5 Å². The number of benzene rings is 1. The van der Waals surface area contributed by atoms with Crippen molar-refractivity contribution in [3.05, 3.63) is 23.8 Å². The number of hydrogen-bond acceptors (Lipinski definition) is 4. The maximum atomic E-state index is 12.4. The molecular weight excluding hydrogens is 258 g/mol. The van der Waals surface area contributed by atoms with Gasteiger partial charge >= 0.3 is 0 Å². The SMILES string of the molecule is COCC1CCCN(C(=O)c2ccc(OC)c(O)c2)C1. The van der Waals surface area contributed by atoms with Gasteiger partial charge in [0.15, 0.2) is 11.5 Å². The predicted octanol–water partition coefficient (Wildman–Crippen LogP) is 1.90. The van der Waals surface area contributed by atoms with E-state index in [0.29, 0.717) is 30.4 Å². The molecule has 0 radical (unpaired) electrons. The van der Waals surface area contributed by atoms with E-state index in [4.69, 9.17) is 9.47 Å². The summed E-state index contributed by atoms with van der Waals surface area (Å²) >= 11 is 0. The first-order valence-electron chi connectivity index (χ1n) is 6.81. The third kappa shape index (κ3) is 3.22. The van der Waals surface area contributed by atoms with E-state index in [0.717, 1.165) is 19.4 Å². The molecule has 1 aromatic rings. The van der Waals surface area contributed by atoms with Gasteiger partial charge in [-0.15, -0.1) is 0 Å². The highest BCUT2D eigenvalue weighted by molar-refractivity contribution is 5.95. The van der Waals surface area contributed by atoms with Crippen LogP contribution in [0.1, 0.15) is 23.2 Å². The molecule has 5 heteroatoms. The van der Waals surface area contributed by atoms with Crippen LogP contribution in [0, 0.1) is 5.92 Å².